The van der Waals surface area contributed by atoms with Gasteiger partial charge in [-0.05, 0) is 70.6 Å². The summed E-state index contributed by atoms with van der Waals surface area (Å²) in [5.74, 6) is -0.191. The molecule has 7 atom stereocenters. The zero-order valence-electron chi connectivity index (χ0n) is 44.6. The molecule has 402 valence electrons. The summed E-state index contributed by atoms with van der Waals surface area (Å²) < 4.78 is 11.3. The van der Waals surface area contributed by atoms with Crippen LogP contribution >= 0.6 is 0 Å². The van der Waals surface area contributed by atoms with Crippen molar-refractivity contribution in [3.8, 4) is 0 Å². The summed E-state index contributed by atoms with van der Waals surface area (Å²) in [5.41, 5.74) is 0. The second-order valence-corrected chi connectivity index (χ2v) is 20.0. The van der Waals surface area contributed by atoms with Crippen molar-refractivity contribution in [2.75, 3.05) is 13.2 Å². The van der Waals surface area contributed by atoms with Crippen molar-refractivity contribution in [1.82, 2.24) is 5.32 Å². The van der Waals surface area contributed by atoms with E-state index in [1.54, 1.807) is 6.08 Å². The molecule has 1 saturated heterocycles. The first-order valence-electron chi connectivity index (χ1n) is 29.0. The molecule has 7 unspecified atom stereocenters. The molecule has 0 saturated carbocycles. The third kappa shape index (κ3) is 39.1. The maximum absolute atomic E-state index is 13.0. The Kier molecular flexibility index (Phi) is 46.5. The van der Waals surface area contributed by atoms with Gasteiger partial charge in [-0.3, -0.25) is 4.79 Å². The number of unbranched alkanes of at least 4 members (excludes halogenated alkanes) is 31. The average Bonchev–Trinajstić information content (AvgIpc) is 3.35. The van der Waals surface area contributed by atoms with Crippen LogP contribution < -0.4 is 5.32 Å². The summed E-state index contributed by atoms with van der Waals surface area (Å²) in [7, 11) is 0. The lowest BCUT2D eigenvalue weighted by Crippen LogP contribution is -2.60. The fourth-order valence-corrected chi connectivity index (χ4v) is 8.99. The molecular formula is C60H109NO8. The normalized spacial score (nSPS) is 19.9. The van der Waals surface area contributed by atoms with E-state index < -0.39 is 49.5 Å². The standard InChI is InChI=1S/C60H109NO8/c1-3-5-7-9-11-13-15-17-19-21-23-25-26-27-28-30-31-33-35-37-39-41-43-45-47-49-54(63)53(52-68-60-59(67)58(66)57(65)55(51-62)69-60)61-56(64)50-48-46-44-42-40-38-36-34-32-29-24-22-20-18-16-14-12-10-8-6-4-2/h6,8,12,14,31,33,39,41,47,49,53-55,57-60,62-63,65-67H,3-5,7,9-11,13,15-30,32,34-38,40,42-46,48,50-52H2,1-2H3,(H,61,64)/b8-6-,14-12-,33-31+,41-39+,49-47+. The van der Waals surface area contributed by atoms with E-state index in [9.17, 15) is 30.3 Å². The van der Waals surface area contributed by atoms with Gasteiger partial charge in [0.25, 0.3) is 0 Å². The molecule has 1 heterocycles. The Hall–Kier alpha value is -2.11. The molecule has 0 radical (unpaired) electrons. The van der Waals surface area contributed by atoms with E-state index in [2.05, 4.69) is 67.8 Å². The van der Waals surface area contributed by atoms with Gasteiger partial charge in [0.05, 0.1) is 25.4 Å². The largest absolute Gasteiger partial charge is 0.394 e. The highest BCUT2D eigenvalue weighted by Gasteiger charge is 2.44. The Morgan fingerprint density at radius 3 is 1.38 bits per heavy atom. The summed E-state index contributed by atoms with van der Waals surface area (Å²) >= 11 is 0. The minimum Gasteiger partial charge on any atom is -0.394 e. The molecule has 1 aliphatic heterocycles. The van der Waals surface area contributed by atoms with Gasteiger partial charge >= 0.3 is 0 Å². The maximum atomic E-state index is 13.0. The van der Waals surface area contributed by atoms with E-state index in [0.29, 0.717) is 6.42 Å². The molecule has 0 bridgehead atoms. The molecule has 69 heavy (non-hydrogen) atoms. The highest BCUT2D eigenvalue weighted by Crippen LogP contribution is 2.23. The fraction of sp³-hybridized carbons (Fsp3) is 0.817. The first kappa shape index (κ1) is 64.9. The fourth-order valence-electron chi connectivity index (χ4n) is 8.99. The van der Waals surface area contributed by atoms with E-state index in [4.69, 9.17) is 9.47 Å². The minimum absolute atomic E-state index is 0.191. The number of aliphatic hydroxyl groups is 5. The number of allylic oxidation sites excluding steroid dienone is 9. The lowest BCUT2D eigenvalue weighted by molar-refractivity contribution is -0.302. The van der Waals surface area contributed by atoms with Crippen molar-refractivity contribution in [2.45, 2.75) is 301 Å². The number of nitrogens with one attached hydrogen (secondary N) is 1. The molecule has 0 aliphatic carbocycles. The van der Waals surface area contributed by atoms with Crippen LogP contribution in [0.2, 0.25) is 0 Å². The Morgan fingerprint density at radius 2 is 0.913 bits per heavy atom. The molecule has 1 rings (SSSR count). The van der Waals surface area contributed by atoms with E-state index in [1.165, 1.54) is 180 Å². The molecular weight excluding hydrogens is 863 g/mol. The molecule has 1 aliphatic rings. The van der Waals surface area contributed by atoms with Gasteiger partial charge in [-0.15, -0.1) is 0 Å². The summed E-state index contributed by atoms with van der Waals surface area (Å²) in [4.78, 5) is 13.0. The maximum Gasteiger partial charge on any atom is 0.220 e. The van der Waals surface area contributed by atoms with Gasteiger partial charge < -0.3 is 40.3 Å². The van der Waals surface area contributed by atoms with Crippen molar-refractivity contribution in [1.29, 1.82) is 0 Å². The van der Waals surface area contributed by atoms with Gasteiger partial charge in [0.2, 0.25) is 5.91 Å². The van der Waals surface area contributed by atoms with Crippen molar-refractivity contribution in [3.63, 3.8) is 0 Å². The highest BCUT2D eigenvalue weighted by atomic mass is 16.7. The zero-order chi connectivity index (χ0) is 50.1. The number of hydrogen-bond acceptors (Lipinski definition) is 8. The number of rotatable bonds is 49. The van der Waals surface area contributed by atoms with Crippen molar-refractivity contribution in [3.05, 3.63) is 60.8 Å². The van der Waals surface area contributed by atoms with Crippen LogP contribution in [0, 0.1) is 0 Å². The number of carbonyl (C=O) groups is 1. The first-order chi connectivity index (χ1) is 33.8. The van der Waals surface area contributed by atoms with Gasteiger partial charge in [0.1, 0.15) is 24.4 Å². The van der Waals surface area contributed by atoms with Gasteiger partial charge in [0, 0.05) is 6.42 Å². The van der Waals surface area contributed by atoms with Gasteiger partial charge in [-0.1, -0.05) is 242 Å². The van der Waals surface area contributed by atoms with E-state index in [-0.39, 0.29) is 12.5 Å². The molecule has 0 aromatic heterocycles. The van der Waals surface area contributed by atoms with Gasteiger partial charge in [-0.25, -0.2) is 0 Å². The Bertz CT molecular complexity index is 1270. The topological polar surface area (TPSA) is 149 Å². The average molecular weight is 973 g/mol. The summed E-state index contributed by atoms with van der Waals surface area (Å²) in [6.07, 6.45) is 60.0. The Balaban J connectivity index is 2.26. The SMILES string of the molecule is CC/C=C\C/C=C\CCCCCCCCCCCCCCCCC(=O)NC(COC1OC(CO)C(O)C(O)C1O)C(O)/C=C/CC/C=C/CC/C=C/CCCCCCCCCCCCCCCCC. The monoisotopic (exact) mass is 972 g/mol. The highest BCUT2D eigenvalue weighted by molar-refractivity contribution is 5.76. The van der Waals surface area contributed by atoms with Crippen LogP contribution in [0.3, 0.4) is 0 Å². The lowest BCUT2D eigenvalue weighted by Gasteiger charge is -2.40. The van der Waals surface area contributed by atoms with Crippen LogP contribution in [-0.4, -0.2) is 87.5 Å². The molecule has 9 heteroatoms. The minimum atomic E-state index is -1.58. The zero-order valence-corrected chi connectivity index (χ0v) is 44.6. The Morgan fingerprint density at radius 1 is 0.507 bits per heavy atom. The third-order valence-electron chi connectivity index (χ3n) is 13.6. The van der Waals surface area contributed by atoms with Crippen LogP contribution in [-0.2, 0) is 14.3 Å². The molecule has 1 fully saturated rings. The van der Waals surface area contributed by atoms with Crippen molar-refractivity contribution >= 4 is 5.91 Å². The van der Waals surface area contributed by atoms with Crippen molar-refractivity contribution < 1.29 is 39.8 Å². The number of carbonyl (C=O) groups excluding carboxylic acids is 1. The predicted octanol–water partition coefficient (Wildman–Crippen LogP) is 14.3. The number of aliphatic hydroxyl groups excluding tert-OH is 5. The second-order valence-electron chi connectivity index (χ2n) is 20.0. The molecule has 0 aromatic rings. The lowest BCUT2D eigenvalue weighted by atomic mass is 9.99. The smallest absolute Gasteiger partial charge is 0.220 e. The molecule has 1 amide bonds. The molecule has 0 aromatic carbocycles. The van der Waals surface area contributed by atoms with Gasteiger partial charge in [0.15, 0.2) is 6.29 Å². The number of hydrogen-bond donors (Lipinski definition) is 6. The van der Waals surface area contributed by atoms with Crippen LogP contribution in [0.15, 0.2) is 60.8 Å². The molecule has 6 N–H and O–H groups in total. The summed E-state index contributed by atoms with van der Waals surface area (Å²) in [6.45, 7) is 3.68. The quantitative estimate of drug-likeness (QED) is 0.0261. The summed E-state index contributed by atoms with van der Waals surface area (Å²) in [5, 5.41) is 54.5. The Labute approximate surface area is 424 Å². The second kappa shape index (κ2) is 49.5. The first-order valence-corrected chi connectivity index (χ1v) is 29.0. The molecule has 0 spiro atoms. The van der Waals surface area contributed by atoms with Crippen LogP contribution in [0.25, 0.3) is 0 Å². The van der Waals surface area contributed by atoms with Crippen LogP contribution in [0.1, 0.15) is 258 Å². The number of amides is 1. The predicted molar refractivity (Wildman–Crippen MR) is 290 cm³/mol. The molecule has 9 nitrogen and oxygen atoms in total. The number of ether oxygens (including phenoxy) is 2. The van der Waals surface area contributed by atoms with Crippen LogP contribution in [0.5, 0.6) is 0 Å². The van der Waals surface area contributed by atoms with Crippen molar-refractivity contribution in [2.24, 2.45) is 0 Å². The van der Waals surface area contributed by atoms with Gasteiger partial charge in [-0.2, -0.15) is 0 Å². The van der Waals surface area contributed by atoms with E-state index in [0.717, 1.165) is 57.8 Å². The summed E-state index contributed by atoms with van der Waals surface area (Å²) in [6, 6.07) is -0.830. The van der Waals surface area contributed by atoms with E-state index in [1.807, 2.05) is 6.08 Å². The van der Waals surface area contributed by atoms with E-state index >= 15 is 0 Å². The van der Waals surface area contributed by atoms with Crippen LogP contribution in [0.4, 0.5) is 0 Å². The third-order valence-corrected chi connectivity index (χ3v) is 13.6.